The average Bonchev–Trinajstić information content (AvgIpc) is 2.93. The molecule has 0 aromatic heterocycles. The number of esters is 2. The van der Waals surface area contributed by atoms with E-state index >= 15 is 0 Å². The van der Waals surface area contributed by atoms with E-state index in [1.165, 1.54) is 5.56 Å². The van der Waals surface area contributed by atoms with Crippen LogP contribution in [0.2, 0.25) is 0 Å². The van der Waals surface area contributed by atoms with Gasteiger partial charge in [-0.05, 0) is 56.2 Å². The van der Waals surface area contributed by atoms with E-state index in [4.69, 9.17) is 14.3 Å². The summed E-state index contributed by atoms with van der Waals surface area (Å²) < 4.78 is 9.44. The molecule has 210 valence electrons. The van der Waals surface area contributed by atoms with E-state index in [0.717, 1.165) is 31.2 Å². The second-order valence-corrected chi connectivity index (χ2v) is 8.38. The Bertz CT molecular complexity index is 1090. The SMILES string of the molecule is CCOC(=O)CNC(=O)ON(C(=O)Cc1ccc(CCCCc2ccccc2)cc1)C(=O)NCC(=O)OCC. The number of carbonyl (C=O) groups is 5. The van der Waals surface area contributed by atoms with E-state index in [1.54, 1.807) is 26.0 Å². The molecule has 39 heavy (non-hydrogen) atoms. The molecule has 0 heterocycles. The number of benzene rings is 2. The third-order valence-corrected chi connectivity index (χ3v) is 5.36. The van der Waals surface area contributed by atoms with Crippen LogP contribution in [0.5, 0.6) is 0 Å². The first kappa shape index (κ1) is 30.8. The summed E-state index contributed by atoms with van der Waals surface area (Å²) in [6.45, 7) is 2.36. The maximum Gasteiger partial charge on any atom is 0.432 e. The van der Waals surface area contributed by atoms with Gasteiger partial charge in [-0.3, -0.25) is 14.4 Å². The van der Waals surface area contributed by atoms with Crippen LogP contribution in [-0.2, 0) is 48.0 Å². The topological polar surface area (TPSA) is 140 Å². The average molecular weight is 542 g/mol. The summed E-state index contributed by atoms with van der Waals surface area (Å²) in [5.41, 5.74) is 3.00. The van der Waals surface area contributed by atoms with E-state index < -0.39 is 43.1 Å². The molecule has 0 saturated carbocycles. The molecule has 0 aliphatic heterocycles. The van der Waals surface area contributed by atoms with Crippen LogP contribution in [0.3, 0.4) is 0 Å². The lowest BCUT2D eigenvalue weighted by Crippen LogP contribution is -2.49. The summed E-state index contributed by atoms with van der Waals surface area (Å²) in [6, 6.07) is 16.5. The van der Waals surface area contributed by atoms with Gasteiger partial charge in [0.25, 0.3) is 5.91 Å². The molecule has 0 saturated heterocycles. The van der Waals surface area contributed by atoms with Gasteiger partial charge in [-0.25, -0.2) is 9.59 Å². The van der Waals surface area contributed by atoms with Gasteiger partial charge in [-0.1, -0.05) is 59.7 Å². The first-order valence-electron chi connectivity index (χ1n) is 12.8. The summed E-state index contributed by atoms with van der Waals surface area (Å²) in [6.07, 6.45) is 2.47. The number of hydrogen-bond donors (Lipinski definition) is 2. The number of carbonyl (C=O) groups excluding carboxylic acids is 5. The lowest BCUT2D eigenvalue weighted by atomic mass is 10.0. The van der Waals surface area contributed by atoms with Gasteiger partial charge < -0.3 is 24.9 Å². The Morgan fingerprint density at radius 3 is 1.77 bits per heavy atom. The van der Waals surface area contributed by atoms with Crippen molar-refractivity contribution in [3.8, 4) is 0 Å². The zero-order valence-electron chi connectivity index (χ0n) is 22.3. The maximum absolute atomic E-state index is 12.9. The lowest BCUT2D eigenvalue weighted by Gasteiger charge is -2.19. The van der Waals surface area contributed by atoms with Crippen LogP contribution in [0.1, 0.15) is 43.4 Å². The summed E-state index contributed by atoms with van der Waals surface area (Å²) >= 11 is 0. The van der Waals surface area contributed by atoms with E-state index in [2.05, 4.69) is 22.8 Å². The minimum Gasteiger partial charge on any atom is -0.465 e. The number of ether oxygens (including phenoxy) is 2. The highest BCUT2D eigenvalue weighted by atomic mass is 16.7. The van der Waals surface area contributed by atoms with Crippen molar-refractivity contribution < 1.29 is 38.3 Å². The van der Waals surface area contributed by atoms with E-state index in [1.807, 2.05) is 30.3 Å². The first-order chi connectivity index (χ1) is 18.8. The molecule has 11 heteroatoms. The van der Waals surface area contributed by atoms with Crippen molar-refractivity contribution in [3.05, 3.63) is 71.3 Å². The molecule has 2 aromatic rings. The molecule has 0 bridgehead atoms. The Kier molecular flexibility index (Phi) is 13.6. The number of aryl methyl sites for hydroxylation is 2. The van der Waals surface area contributed by atoms with Gasteiger partial charge in [-0.15, -0.1) is 0 Å². The largest absolute Gasteiger partial charge is 0.465 e. The number of hydrogen-bond acceptors (Lipinski definition) is 8. The van der Waals surface area contributed by atoms with Gasteiger partial charge in [0.2, 0.25) is 0 Å². The smallest absolute Gasteiger partial charge is 0.432 e. The molecule has 2 rings (SSSR count). The second kappa shape index (κ2) is 17.2. The number of rotatable bonds is 13. The molecule has 0 aliphatic carbocycles. The second-order valence-electron chi connectivity index (χ2n) is 8.38. The molecule has 0 radical (unpaired) electrons. The van der Waals surface area contributed by atoms with Crippen molar-refractivity contribution >= 4 is 30.0 Å². The van der Waals surface area contributed by atoms with Crippen LogP contribution in [0.25, 0.3) is 0 Å². The van der Waals surface area contributed by atoms with Crippen molar-refractivity contribution in [2.24, 2.45) is 0 Å². The fraction of sp³-hybridized carbons (Fsp3) is 0.393. The number of nitrogens with one attached hydrogen (secondary N) is 2. The van der Waals surface area contributed by atoms with Crippen molar-refractivity contribution in [1.82, 2.24) is 15.7 Å². The fourth-order valence-corrected chi connectivity index (χ4v) is 3.48. The minimum absolute atomic E-state index is 0.104. The predicted molar refractivity (Wildman–Crippen MR) is 141 cm³/mol. The van der Waals surface area contributed by atoms with E-state index in [9.17, 15) is 24.0 Å². The van der Waals surface area contributed by atoms with Crippen LogP contribution < -0.4 is 10.6 Å². The molecule has 0 aliphatic rings. The number of nitrogens with zero attached hydrogens (tertiary/aromatic N) is 1. The number of urea groups is 1. The summed E-state index contributed by atoms with van der Waals surface area (Å²) in [5.74, 6) is -2.32. The van der Waals surface area contributed by atoms with Crippen LogP contribution in [0.4, 0.5) is 9.59 Å². The quantitative estimate of drug-likeness (QED) is 0.224. The molecule has 0 atom stereocenters. The van der Waals surface area contributed by atoms with Crippen LogP contribution in [0.15, 0.2) is 54.6 Å². The Balaban J connectivity index is 1.93. The van der Waals surface area contributed by atoms with Crippen molar-refractivity contribution in [2.75, 3.05) is 26.3 Å². The summed E-state index contributed by atoms with van der Waals surface area (Å²) in [4.78, 5) is 65.4. The third kappa shape index (κ3) is 12.1. The molecule has 11 nitrogen and oxygen atoms in total. The fourth-order valence-electron chi connectivity index (χ4n) is 3.48. The van der Waals surface area contributed by atoms with Gasteiger partial charge in [-0.2, -0.15) is 0 Å². The highest BCUT2D eigenvalue weighted by molar-refractivity contribution is 5.96. The monoisotopic (exact) mass is 541 g/mol. The number of hydroxylamine groups is 2. The summed E-state index contributed by atoms with van der Waals surface area (Å²) in [5, 5.41) is 4.47. The van der Waals surface area contributed by atoms with E-state index in [-0.39, 0.29) is 24.7 Å². The van der Waals surface area contributed by atoms with Crippen LogP contribution in [-0.4, -0.2) is 61.3 Å². The Morgan fingerprint density at radius 1 is 0.692 bits per heavy atom. The van der Waals surface area contributed by atoms with Gasteiger partial charge in [0, 0.05) is 0 Å². The minimum atomic E-state index is -1.23. The molecule has 2 aromatic carbocycles. The molecular weight excluding hydrogens is 506 g/mol. The first-order valence-corrected chi connectivity index (χ1v) is 12.8. The van der Waals surface area contributed by atoms with Crippen LogP contribution >= 0.6 is 0 Å². The van der Waals surface area contributed by atoms with Crippen molar-refractivity contribution in [2.45, 2.75) is 46.0 Å². The lowest BCUT2D eigenvalue weighted by molar-refractivity contribution is -0.153. The van der Waals surface area contributed by atoms with Gasteiger partial charge in [0.1, 0.15) is 13.1 Å². The predicted octanol–water partition coefficient (Wildman–Crippen LogP) is 3.10. The zero-order valence-corrected chi connectivity index (χ0v) is 22.3. The standard InChI is InChI=1S/C28H35N3O8/c1-3-37-25(33)19-29-27(35)31(39-28(36)30-20-26(34)38-4-2)24(32)18-23-16-14-22(15-17-23)13-9-8-12-21-10-6-5-7-11-21/h5-7,10-11,14-17H,3-4,8-9,12-13,18-20H2,1-2H3,(H,29,35)(H,30,36). The molecule has 0 fully saturated rings. The van der Waals surface area contributed by atoms with Crippen molar-refractivity contribution in [3.63, 3.8) is 0 Å². The van der Waals surface area contributed by atoms with Crippen LogP contribution in [0, 0.1) is 0 Å². The highest BCUT2D eigenvalue weighted by Gasteiger charge is 2.27. The number of imide groups is 1. The number of unbranched alkanes of at least 4 members (excludes halogenated alkanes) is 1. The molecule has 0 unspecified atom stereocenters. The zero-order chi connectivity index (χ0) is 28.5. The molecular formula is C28H35N3O8. The molecule has 4 amide bonds. The Hall–Kier alpha value is -4.41. The summed E-state index contributed by atoms with van der Waals surface area (Å²) in [7, 11) is 0. The Labute approximate surface area is 227 Å². The van der Waals surface area contributed by atoms with Gasteiger partial charge >= 0.3 is 24.1 Å². The van der Waals surface area contributed by atoms with Gasteiger partial charge in [0.15, 0.2) is 0 Å². The number of amides is 4. The van der Waals surface area contributed by atoms with E-state index in [0.29, 0.717) is 5.56 Å². The maximum atomic E-state index is 12.9. The Morgan fingerprint density at radius 2 is 1.21 bits per heavy atom. The third-order valence-electron chi connectivity index (χ3n) is 5.36. The van der Waals surface area contributed by atoms with Crippen molar-refractivity contribution in [1.29, 1.82) is 0 Å². The van der Waals surface area contributed by atoms with Gasteiger partial charge in [0.05, 0.1) is 19.6 Å². The molecule has 2 N–H and O–H groups in total. The molecule has 0 spiro atoms. The normalized spacial score (nSPS) is 10.2. The highest BCUT2D eigenvalue weighted by Crippen LogP contribution is 2.12.